The Labute approximate surface area is 169 Å². The molecule has 0 aromatic carbocycles. The summed E-state index contributed by atoms with van der Waals surface area (Å²) in [5, 5.41) is 9.36. The Morgan fingerprint density at radius 3 is 2.57 bits per heavy atom. The number of likely N-dealkylation sites (tertiary alicyclic amines) is 1. The molecule has 3 rings (SSSR count). The zero-order valence-corrected chi connectivity index (χ0v) is 18.0. The molecule has 2 aliphatic heterocycles. The van der Waals surface area contributed by atoms with Crippen molar-refractivity contribution in [2.75, 3.05) is 52.9 Å². The molecule has 2 aliphatic rings. The van der Waals surface area contributed by atoms with Gasteiger partial charge in [-0.25, -0.2) is 0 Å². The van der Waals surface area contributed by atoms with E-state index in [0.717, 1.165) is 70.1 Å². The van der Waals surface area contributed by atoms with Gasteiger partial charge in [0.1, 0.15) is 11.5 Å². The van der Waals surface area contributed by atoms with Crippen LogP contribution in [0.4, 0.5) is 0 Å². The highest BCUT2D eigenvalue weighted by Crippen LogP contribution is 2.29. The minimum atomic E-state index is 0.0963. The van der Waals surface area contributed by atoms with Crippen molar-refractivity contribution in [2.24, 2.45) is 5.92 Å². The van der Waals surface area contributed by atoms with Crippen LogP contribution >= 0.6 is 0 Å². The lowest BCUT2D eigenvalue weighted by Crippen LogP contribution is -2.57. The van der Waals surface area contributed by atoms with E-state index in [0.29, 0.717) is 17.5 Å². The fourth-order valence-corrected chi connectivity index (χ4v) is 4.65. The molecule has 1 amide bonds. The molecule has 0 aliphatic carbocycles. The molecule has 2 atom stereocenters. The molecule has 2 fully saturated rings. The number of aliphatic hydroxyl groups excluding tert-OH is 1. The number of carbonyl (C=O) groups is 1. The molecular weight excluding hydrogens is 354 g/mol. The average molecular weight is 392 g/mol. The number of aliphatic hydroxyl groups is 1. The van der Waals surface area contributed by atoms with E-state index >= 15 is 0 Å². The van der Waals surface area contributed by atoms with Crippen molar-refractivity contribution in [3.05, 3.63) is 23.2 Å². The zero-order valence-electron chi connectivity index (χ0n) is 18.0. The van der Waals surface area contributed by atoms with Gasteiger partial charge in [-0.15, -0.1) is 0 Å². The van der Waals surface area contributed by atoms with Gasteiger partial charge < -0.3 is 19.3 Å². The Balaban J connectivity index is 1.70. The number of hydrogen-bond acceptors (Lipinski definition) is 5. The molecule has 1 aromatic heterocycles. The van der Waals surface area contributed by atoms with Crippen LogP contribution in [0.5, 0.6) is 0 Å². The molecule has 0 spiro atoms. The van der Waals surface area contributed by atoms with Crippen molar-refractivity contribution in [2.45, 2.75) is 52.0 Å². The first-order chi connectivity index (χ1) is 13.4. The van der Waals surface area contributed by atoms with Crippen LogP contribution in [0.15, 0.2) is 10.5 Å². The minimum absolute atomic E-state index is 0.0963. The van der Waals surface area contributed by atoms with Crippen LogP contribution in [0.1, 0.15) is 60.9 Å². The number of rotatable bonds is 6. The molecule has 6 heteroatoms. The van der Waals surface area contributed by atoms with Crippen molar-refractivity contribution >= 4 is 5.91 Å². The van der Waals surface area contributed by atoms with E-state index < -0.39 is 0 Å². The monoisotopic (exact) mass is 391 g/mol. The van der Waals surface area contributed by atoms with Gasteiger partial charge >= 0.3 is 0 Å². The number of piperidine rings is 1. The van der Waals surface area contributed by atoms with E-state index in [9.17, 15) is 9.90 Å². The third-order valence-electron chi connectivity index (χ3n) is 6.46. The van der Waals surface area contributed by atoms with Crippen LogP contribution in [0, 0.1) is 12.8 Å². The highest BCUT2D eigenvalue weighted by molar-refractivity contribution is 5.95. The second-order valence-corrected chi connectivity index (χ2v) is 8.85. The first-order valence-electron chi connectivity index (χ1n) is 10.8. The smallest absolute Gasteiger partial charge is 0.257 e. The second-order valence-electron chi connectivity index (χ2n) is 8.85. The van der Waals surface area contributed by atoms with Gasteiger partial charge in [0.2, 0.25) is 0 Å². The maximum absolute atomic E-state index is 13.2. The number of furan rings is 1. The van der Waals surface area contributed by atoms with Crippen LogP contribution in [0.25, 0.3) is 0 Å². The largest absolute Gasteiger partial charge is 0.465 e. The summed E-state index contributed by atoms with van der Waals surface area (Å²) in [6.45, 7) is 12.3. The van der Waals surface area contributed by atoms with E-state index in [4.69, 9.17) is 4.42 Å². The van der Waals surface area contributed by atoms with E-state index in [-0.39, 0.29) is 18.4 Å². The molecule has 158 valence electrons. The Morgan fingerprint density at radius 1 is 1.25 bits per heavy atom. The number of likely N-dealkylation sites (N-methyl/N-ethyl adjacent to an activating group) is 1. The molecular formula is C22H37N3O3. The fraction of sp³-hybridized carbons (Fsp3) is 0.773. The van der Waals surface area contributed by atoms with Crippen molar-refractivity contribution in [3.8, 4) is 0 Å². The molecule has 0 saturated carbocycles. The predicted octanol–water partition coefficient (Wildman–Crippen LogP) is 2.56. The summed E-state index contributed by atoms with van der Waals surface area (Å²) in [5.74, 6) is 2.40. The Kier molecular flexibility index (Phi) is 7.18. The maximum atomic E-state index is 13.2. The second kappa shape index (κ2) is 9.42. The summed E-state index contributed by atoms with van der Waals surface area (Å²) in [6, 6.07) is 2.44. The lowest BCUT2D eigenvalue weighted by molar-refractivity contribution is 0.0217. The normalized spacial score (nSPS) is 24.9. The van der Waals surface area contributed by atoms with E-state index in [1.54, 1.807) is 0 Å². The molecule has 0 unspecified atom stereocenters. The Morgan fingerprint density at radius 2 is 1.96 bits per heavy atom. The van der Waals surface area contributed by atoms with E-state index in [2.05, 4.69) is 30.7 Å². The summed E-state index contributed by atoms with van der Waals surface area (Å²) in [6.07, 6.45) is 2.79. The lowest BCUT2D eigenvalue weighted by atomic mass is 9.86. The van der Waals surface area contributed by atoms with Crippen LogP contribution in [0.2, 0.25) is 0 Å². The van der Waals surface area contributed by atoms with Crippen LogP contribution in [-0.4, -0.2) is 84.7 Å². The topological polar surface area (TPSA) is 60.2 Å². The van der Waals surface area contributed by atoms with Crippen LogP contribution < -0.4 is 0 Å². The number of amides is 1. The number of aryl methyl sites for hydroxylation is 1. The molecule has 1 N–H and O–H groups in total. The van der Waals surface area contributed by atoms with Gasteiger partial charge in [0.25, 0.3) is 5.91 Å². The standard InChI is InChI=1S/C22H37N3O3/c1-16(2)21-14-19(17(3)28-21)22(27)25-8-7-20(18(15-25)6-5-13-26)24-11-9-23(4)10-12-24/h14,16,18,20,26H,5-13,15H2,1-4H3/t18-,20+/m1/s1. The SMILES string of the molecule is Cc1oc(C(C)C)cc1C(=O)N1CC[C@H](N2CCN(C)CC2)[C@H](CCCO)C1. The molecule has 28 heavy (non-hydrogen) atoms. The Bertz CT molecular complexity index is 649. The van der Waals surface area contributed by atoms with Gasteiger partial charge in [-0.1, -0.05) is 13.8 Å². The maximum Gasteiger partial charge on any atom is 0.257 e. The highest BCUT2D eigenvalue weighted by Gasteiger charge is 2.36. The molecule has 1 aromatic rings. The molecule has 2 saturated heterocycles. The number of nitrogens with zero attached hydrogens (tertiary/aromatic N) is 3. The average Bonchev–Trinajstić information content (AvgIpc) is 3.08. The number of hydrogen-bond donors (Lipinski definition) is 1. The van der Waals surface area contributed by atoms with Crippen LogP contribution in [-0.2, 0) is 0 Å². The fourth-order valence-electron chi connectivity index (χ4n) is 4.65. The number of piperazine rings is 1. The third kappa shape index (κ3) is 4.78. The summed E-state index contributed by atoms with van der Waals surface area (Å²) in [4.78, 5) is 20.2. The summed E-state index contributed by atoms with van der Waals surface area (Å²) < 4.78 is 5.81. The van der Waals surface area contributed by atoms with Gasteiger partial charge in [-0.3, -0.25) is 9.69 Å². The van der Waals surface area contributed by atoms with Gasteiger partial charge in [-0.05, 0) is 45.2 Å². The van der Waals surface area contributed by atoms with Crippen molar-refractivity contribution < 1.29 is 14.3 Å². The van der Waals surface area contributed by atoms with E-state index in [1.807, 2.05) is 17.9 Å². The summed E-state index contributed by atoms with van der Waals surface area (Å²) in [5.41, 5.74) is 0.711. The van der Waals surface area contributed by atoms with Crippen molar-refractivity contribution in [1.29, 1.82) is 0 Å². The van der Waals surface area contributed by atoms with Crippen molar-refractivity contribution in [3.63, 3.8) is 0 Å². The van der Waals surface area contributed by atoms with Crippen LogP contribution in [0.3, 0.4) is 0 Å². The molecule has 6 nitrogen and oxygen atoms in total. The zero-order chi connectivity index (χ0) is 20.3. The minimum Gasteiger partial charge on any atom is -0.465 e. The summed E-state index contributed by atoms with van der Waals surface area (Å²) in [7, 11) is 2.18. The first-order valence-corrected chi connectivity index (χ1v) is 10.8. The summed E-state index contributed by atoms with van der Waals surface area (Å²) >= 11 is 0. The van der Waals surface area contributed by atoms with Gasteiger partial charge in [-0.2, -0.15) is 0 Å². The van der Waals surface area contributed by atoms with E-state index in [1.165, 1.54) is 0 Å². The molecule has 0 radical (unpaired) electrons. The highest BCUT2D eigenvalue weighted by atomic mass is 16.3. The molecule has 0 bridgehead atoms. The Hall–Kier alpha value is -1.37. The van der Waals surface area contributed by atoms with Crippen molar-refractivity contribution in [1.82, 2.24) is 14.7 Å². The third-order valence-corrected chi connectivity index (χ3v) is 6.46. The lowest BCUT2D eigenvalue weighted by Gasteiger charge is -2.46. The van der Waals surface area contributed by atoms with Gasteiger partial charge in [0.05, 0.1) is 5.56 Å². The predicted molar refractivity (Wildman–Crippen MR) is 111 cm³/mol. The van der Waals surface area contributed by atoms with Gasteiger partial charge in [0.15, 0.2) is 0 Å². The number of carbonyl (C=O) groups excluding carboxylic acids is 1. The first kappa shape index (κ1) is 21.3. The van der Waals surface area contributed by atoms with Gasteiger partial charge in [0, 0.05) is 57.8 Å². The quantitative estimate of drug-likeness (QED) is 0.808. The molecule has 3 heterocycles.